The van der Waals surface area contributed by atoms with Crippen LogP contribution in [0.5, 0.6) is 0 Å². The highest BCUT2D eigenvalue weighted by molar-refractivity contribution is 5.92. The van der Waals surface area contributed by atoms with Crippen molar-refractivity contribution in [2.24, 2.45) is 11.8 Å². The first-order chi connectivity index (χ1) is 11.7. The maximum absolute atomic E-state index is 13.9. The number of nitrogens with one attached hydrogen (secondary N) is 1. The molecule has 2 aliphatic heterocycles. The Hall–Kier alpha value is -2.14. The van der Waals surface area contributed by atoms with Crippen molar-refractivity contribution >= 4 is 5.91 Å². The summed E-state index contributed by atoms with van der Waals surface area (Å²) in [5, 5.41) is 3.44. The van der Waals surface area contributed by atoms with E-state index in [1.807, 2.05) is 4.90 Å². The summed E-state index contributed by atoms with van der Waals surface area (Å²) in [6, 6.07) is 9.75. The van der Waals surface area contributed by atoms with Gasteiger partial charge in [0.15, 0.2) is 5.76 Å². The quantitative estimate of drug-likeness (QED) is 0.921. The SMILES string of the molecule is O=C(c1ccc(-c2ccccc2F)o1)N1CC[C@@H]2CNC[C@@H]2CC1. The minimum absolute atomic E-state index is 0.0921. The van der Waals surface area contributed by atoms with Gasteiger partial charge in [0.1, 0.15) is 11.6 Å². The zero-order valence-electron chi connectivity index (χ0n) is 13.5. The molecule has 2 aliphatic rings. The van der Waals surface area contributed by atoms with Crippen molar-refractivity contribution in [3.05, 3.63) is 48.0 Å². The lowest BCUT2D eigenvalue weighted by Gasteiger charge is -2.19. The van der Waals surface area contributed by atoms with Crippen molar-refractivity contribution in [3.63, 3.8) is 0 Å². The highest BCUT2D eigenvalue weighted by atomic mass is 19.1. The summed E-state index contributed by atoms with van der Waals surface area (Å²) in [6.45, 7) is 3.64. The van der Waals surface area contributed by atoms with Crippen molar-refractivity contribution in [1.29, 1.82) is 0 Å². The summed E-state index contributed by atoms with van der Waals surface area (Å²) in [6.07, 6.45) is 2.06. The first-order valence-electron chi connectivity index (χ1n) is 8.57. The molecular formula is C19H21FN2O2. The minimum Gasteiger partial charge on any atom is -0.451 e. The number of benzene rings is 1. The fraction of sp³-hybridized carbons (Fsp3) is 0.421. The minimum atomic E-state index is -0.346. The van der Waals surface area contributed by atoms with Gasteiger partial charge in [-0.25, -0.2) is 4.39 Å². The summed E-state index contributed by atoms with van der Waals surface area (Å²) in [5.41, 5.74) is 0.382. The molecule has 1 aromatic carbocycles. The number of hydrogen-bond donors (Lipinski definition) is 1. The predicted octanol–water partition coefficient (Wildman–Crippen LogP) is 3.16. The molecule has 5 heteroatoms. The van der Waals surface area contributed by atoms with Gasteiger partial charge in [0.25, 0.3) is 5.91 Å². The summed E-state index contributed by atoms with van der Waals surface area (Å²) in [5.74, 6) is 1.60. The van der Waals surface area contributed by atoms with Crippen LogP contribution in [0, 0.1) is 17.7 Å². The maximum atomic E-state index is 13.9. The number of carbonyl (C=O) groups is 1. The van der Waals surface area contributed by atoms with Crippen LogP contribution in [0.15, 0.2) is 40.8 Å². The lowest BCUT2D eigenvalue weighted by atomic mass is 9.92. The third kappa shape index (κ3) is 2.84. The average molecular weight is 328 g/mol. The number of carbonyl (C=O) groups excluding carboxylic acids is 1. The highest BCUT2D eigenvalue weighted by Crippen LogP contribution is 2.29. The van der Waals surface area contributed by atoms with Crippen LogP contribution in [0.1, 0.15) is 23.4 Å². The maximum Gasteiger partial charge on any atom is 0.289 e. The normalized spacial score (nSPS) is 23.8. The number of hydrogen-bond acceptors (Lipinski definition) is 3. The van der Waals surface area contributed by atoms with Crippen LogP contribution in [0.2, 0.25) is 0 Å². The highest BCUT2D eigenvalue weighted by Gasteiger charge is 2.32. The van der Waals surface area contributed by atoms with Crippen LogP contribution >= 0.6 is 0 Å². The zero-order valence-corrected chi connectivity index (χ0v) is 13.5. The van der Waals surface area contributed by atoms with E-state index in [9.17, 15) is 9.18 Å². The fourth-order valence-electron chi connectivity index (χ4n) is 3.84. The monoisotopic (exact) mass is 328 g/mol. The molecular weight excluding hydrogens is 307 g/mol. The molecule has 4 nitrogen and oxygen atoms in total. The molecule has 3 heterocycles. The van der Waals surface area contributed by atoms with Gasteiger partial charge in [-0.3, -0.25) is 4.79 Å². The van der Waals surface area contributed by atoms with Crippen LogP contribution < -0.4 is 5.32 Å². The second-order valence-electron chi connectivity index (χ2n) is 6.69. The number of amides is 1. The van der Waals surface area contributed by atoms with E-state index < -0.39 is 0 Å². The second-order valence-corrected chi connectivity index (χ2v) is 6.69. The number of nitrogens with zero attached hydrogens (tertiary/aromatic N) is 1. The Kier molecular flexibility index (Phi) is 4.10. The molecule has 2 saturated heterocycles. The molecule has 126 valence electrons. The van der Waals surface area contributed by atoms with Crippen molar-refractivity contribution in [2.75, 3.05) is 26.2 Å². The molecule has 0 aliphatic carbocycles. The number of furan rings is 1. The van der Waals surface area contributed by atoms with Crippen LogP contribution in [-0.2, 0) is 0 Å². The summed E-state index contributed by atoms with van der Waals surface area (Å²) in [7, 11) is 0. The smallest absolute Gasteiger partial charge is 0.289 e. The number of likely N-dealkylation sites (tertiary alicyclic amines) is 1. The van der Waals surface area contributed by atoms with Gasteiger partial charge in [-0.05, 0) is 62.0 Å². The Morgan fingerprint density at radius 1 is 1.08 bits per heavy atom. The van der Waals surface area contributed by atoms with Gasteiger partial charge in [-0.15, -0.1) is 0 Å². The summed E-state index contributed by atoms with van der Waals surface area (Å²) < 4.78 is 19.5. The van der Waals surface area contributed by atoms with E-state index in [2.05, 4.69) is 5.32 Å². The van der Waals surface area contributed by atoms with E-state index in [4.69, 9.17) is 4.42 Å². The molecule has 0 bridgehead atoms. The lowest BCUT2D eigenvalue weighted by Crippen LogP contribution is -2.32. The molecule has 24 heavy (non-hydrogen) atoms. The Morgan fingerprint density at radius 2 is 1.79 bits per heavy atom. The van der Waals surface area contributed by atoms with E-state index in [1.165, 1.54) is 6.07 Å². The van der Waals surface area contributed by atoms with Crippen molar-refractivity contribution in [1.82, 2.24) is 10.2 Å². The molecule has 0 unspecified atom stereocenters. The zero-order chi connectivity index (χ0) is 16.5. The Labute approximate surface area is 140 Å². The first-order valence-corrected chi connectivity index (χ1v) is 8.57. The summed E-state index contributed by atoms with van der Waals surface area (Å²) >= 11 is 0. The van der Waals surface area contributed by atoms with Gasteiger partial charge in [-0.2, -0.15) is 0 Å². The third-order valence-corrected chi connectivity index (χ3v) is 5.26. The Bertz CT molecular complexity index is 728. The largest absolute Gasteiger partial charge is 0.451 e. The number of rotatable bonds is 2. The number of halogens is 1. The van der Waals surface area contributed by atoms with Gasteiger partial charge in [0, 0.05) is 13.1 Å². The van der Waals surface area contributed by atoms with Crippen LogP contribution in [-0.4, -0.2) is 37.0 Å². The molecule has 1 aromatic heterocycles. The van der Waals surface area contributed by atoms with E-state index in [-0.39, 0.29) is 11.7 Å². The topological polar surface area (TPSA) is 45.5 Å². The standard InChI is InChI=1S/C19H21FN2O2/c20-16-4-2-1-3-15(16)17-5-6-18(24-17)19(23)22-9-7-13-11-21-12-14(13)8-10-22/h1-6,13-14,21H,7-12H2/t13-,14+. The molecule has 2 aromatic rings. The molecule has 4 rings (SSSR count). The van der Waals surface area contributed by atoms with Gasteiger partial charge in [0.05, 0.1) is 5.56 Å². The van der Waals surface area contributed by atoms with Gasteiger partial charge in [0.2, 0.25) is 0 Å². The molecule has 2 atom stereocenters. The van der Waals surface area contributed by atoms with E-state index >= 15 is 0 Å². The van der Waals surface area contributed by atoms with Gasteiger partial charge >= 0.3 is 0 Å². The lowest BCUT2D eigenvalue weighted by molar-refractivity contribution is 0.0727. The first kappa shape index (κ1) is 15.4. The van der Waals surface area contributed by atoms with Crippen molar-refractivity contribution < 1.29 is 13.6 Å². The van der Waals surface area contributed by atoms with E-state index in [0.717, 1.165) is 39.0 Å². The van der Waals surface area contributed by atoms with Crippen LogP contribution in [0.3, 0.4) is 0 Å². The number of fused-ring (bicyclic) bond motifs is 1. The fourth-order valence-corrected chi connectivity index (χ4v) is 3.84. The van der Waals surface area contributed by atoms with E-state index in [1.54, 1.807) is 30.3 Å². The van der Waals surface area contributed by atoms with Crippen molar-refractivity contribution in [3.8, 4) is 11.3 Å². The molecule has 0 saturated carbocycles. The van der Waals surface area contributed by atoms with E-state index in [0.29, 0.717) is 28.9 Å². The van der Waals surface area contributed by atoms with Crippen LogP contribution in [0.4, 0.5) is 4.39 Å². The molecule has 1 amide bonds. The molecule has 0 radical (unpaired) electrons. The van der Waals surface area contributed by atoms with Crippen LogP contribution in [0.25, 0.3) is 11.3 Å². The average Bonchev–Trinajstić information content (AvgIpc) is 3.21. The molecule has 1 N–H and O–H groups in total. The Morgan fingerprint density at radius 3 is 2.50 bits per heavy atom. The third-order valence-electron chi connectivity index (χ3n) is 5.26. The molecule has 2 fully saturated rings. The predicted molar refractivity (Wildman–Crippen MR) is 89.1 cm³/mol. The Balaban J connectivity index is 1.50. The summed E-state index contributed by atoms with van der Waals surface area (Å²) in [4.78, 5) is 14.6. The second kappa shape index (κ2) is 6.40. The molecule has 0 spiro atoms. The van der Waals surface area contributed by atoms with Gasteiger partial charge < -0.3 is 14.6 Å². The van der Waals surface area contributed by atoms with Gasteiger partial charge in [-0.1, -0.05) is 12.1 Å². The van der Waals surface area contributed by atoms with Crippen molar-refractivity contribution in [2.45, 2.75) is 12.8 Å².